The van der Waals surface area contributed by atoms with Crippen LogP contribution in [0.2, 0.25) is 0 Å². The molecule has 0 spiro atoms. The molecule has 0 radical (unpaired) electrons. The maximum Gasteiger partial charge on any atom is 0.211 e. The summed E-state index contributed by atoms with van der Waals surface area (Å²) < 4.78 is 12.8. The minimum absolute atomic E-state index is 0.109. The molecule has 0 aliphatic heterocycles. The first-order chi connectivity index (χ1) is 6.70. The summed E-state index contributed by atoms with van der Waals surface area (Å²) in [5, 5.41) is 0. The zero-order valence-corrected chi connectivity index (χ0v) is 7.25. The number of fused-ring (bicyclic) bond motifs is 1. The van der Waals surface area contributed by atoms with Gasteiger partial charge >= 0.3 is 0 Å². The number of H-pyrrole nitrogens is 1. The third-order valence-corrected chi connectivity index (χ3v) is 1.89. The molecular formula is C9H8FN3O. The van der Waals surface area contributed by atoms with Crippen molar-refractivity contribution in [3.05, 3.63) is 29.8 Å². The zero-order valence-electron chi connectivity index (χ0n) is 7.25. The van der Waals surface area contributed by atoms with Crippen molar-refractivity contribution >= 4 is 16.8 Å². The van der Waals surface area contributed by atoms with Crippen LogP contribution in [-0.4, -0.2) is 22.3 Å². The second-order valence-corrected chi connectivity index (χ2v) is 2.87. The van der Waals surface area contributed by atoms with E-state index in [0.717, 1.165) is 0 Å². The molecule has 0 saturated carbocycles. The van der Waals surface area contributed by atoms with Crippen molar-refractivity contribution < 1.29 is 9.18 Å². The Morgan fingerprint density at radius 3 is 3.07 bits per heavy atom. The highest BCUT2D eigenvalue weighted by Crippen LogP contribution is 2.12. The van der Waals surface area contributed by atoms with Gasteiger partial charge in [0.25, 0.3) is 0 Å². The second-order valence-electron chi connectivity index (χ2n) is 2.87. The summed E-state index contributed by atoms with van der Waals surface area (Å²) in [6.45, 7) is -0.109. The van der Waals surface area contributed by atoms with E-state index in [2.05, 4.69) is 9.97 Å². The van der Waals surface area contributed by atoms with Gasteiger partial charge in [-0.1, -0.05) is 0 Å². The number of carbonyl (C=O) groups excluding carboxylic acids is 1. The quantitative estimate of drug-likeness (QED) is 0.694. The summed E-state index contributed by atoms with van der Waals surface area (Å²) in [5.41, 5.74) is 6.23. The largest absolute Gasteiger partial charge is 0.335 e. The third-order valence-electron chi connectivity index (χ3n) is 1.89. The number of imidazole rings is 1. The number of rotatable bonds is 2. The van der Waals surface area contributed by atoms with Crippen LogP contribution >= 0.6 is 0 Å². The molecule has 0 unspecified atom stereocenters. The van der Waals surface area contributed by atoms with E-state index in [1.54, 1.807) is 0 Å². The van der Waals surface area contributed by atoms with Crippen molar-refractivity contribution in [2.45, 2.75) is 0 Å². The molecule has 0 fully saturated rings. The summed E-state index contributed by atoms with van der Waals surface area (Å²) in [7, 11) is 0. The fourth-order valence-corrected chi connectivity index (χ4v) is 1.21. The van der Waals surface area contributed by atoms with Crippen LogP contribution in [-0.2, 0) is 0 Å². The minimum atomic E-state index is -0.368. The summed E-state index contributed by atoms with van der Waals surface area (Å²) in [6.07, 6.45) is 0. The van der Waals surface area contributed by atoms with Crippen LogP contribution in [0.15, 0.2) is 18.2 Å². The number of nitrogens with one attached hydrogen (secondary N) is 1. The minimum Gasteiger partial charge on any atom is -0.335 e. The van der Waals surface area contributed by atoms with Gasteiger partial charge in [-0.25, -0.2) is 9.37 Å². The van der Waals surface area contributed by atoms with Crippen molar-refractivity contribution in [3.63, 3.8) is 0 Å². The Morgan fingerprint density at radius 1 is 1.57 bits per heavy atom. The Labute approximate surface area is 78.9 Å². The van der Waals surface area contributed by atoms with E-state index in [1.807, 2.05) is 0 Å². The van der Waals surface area contributed by atoms with Gasteiger partial charge in [-0.2, -0.15) is 0 Å². The maximum atomic E-state index is 12.8. The molecule has 0 aliphatic rings. The normalized spacial score (nSPS) is 10.7. The number of aromatic nitrogens is 2. The molecule has 0 bridgehead atoms. The Balaban J connectivity index is 2.56. The molecule has 0 aliphatic carbocycles. The molecule has 4 nitrogen and oxygen atoms in total. The number of hydrogen-bond donors (Lipinski definition) is 2. The van der Waals surface area contributed by atoms with E-state index in [4.69, 9.17) is 5.73 Å². The van der Waals surface area contributed by atoms with E-state index in [-0.39, 0.29) is 24.0 Å². The molecule has 5 heteroatoms. The van der Waals surface area contributed by atoms with Gasteiger partial charge in [-0.15, -0.1) is 0 Å². The first-order valence-electron chi connectivity index (χ1n) is 4.09. The van der Waals surface area contributed by atoms with E-state index >= 15 is 0 Å². The van der Waals surface area contributed by atoms with Gasteiger partial charge in [0.15, 0.2) is 5.82 Å². The standard InChI is InChI=1S/C9H8FN3O/c10-5-1-2-6-7(3-5)13-9(12-6)8(14)4-11/h1-3H,4,11H2,(H,12,13). The van der Waals surface area contributed by atoms with Crippen molar-refractivity contribution in [3.8, 4) is 0 Å². The number of halogens is 1. The number of hydrogen-bond acceptors (Lipinski definition) is 3. The number of Topliss-reactive ketones (excluding diaryl/α,β-unsaturated/α-hetero) is 1. The Bertz CT molecular complexity index is 492. The first kappa shape index (κ1) is 8.83. The highest BCUT2D eigenvalue weighted by molar-refractivity contribution is 5.96. The van der Waals surface area contributed by atoms with Crippen molar-refractivity contribution in [2.24, 2.45) is 5.73 Å². The van der Waals surface area contributed by atoms with E-state index in [9.17, 15) is 9.18 Å². The smallest absolute Gasteiger partial charge is 0.211 e. The molecule has 72 valence electrons. The highest BCUT2D eigenvalue weighted by atomic mass is 19.1. The van der Waals surface area contributed by atoms with Crippen LogP contribution in [0.4, 0.5) is 4.39 Å². The predicted molar refractivity (Wildman–Crippen MR) is 49.4 cm³/mol. The van der Waals surface area contributed by atoms with Gasteiger partial charge in [0, 0.05) is 0 Å². The van der Waals surface area contributed by atoms with Crippen LogP contribution in [0.25, 0.3) is 11.0 Å². The Hall–Kier alpha value is -1.75. The Morgan fingerprint density at radius 2 is 2.36 bits per heavy atom. The molecule has 1 heterocycles. The first-order valence-corrected chi connectivity index (χ1v) is 4.09. The number of benzene rings is 1. The van der Waals surface area contributed by atoms with E-state index < -0.39 is 0 Å². The monoisotopic (exact) mass is 193 g/mol. The lowest BCUT2D eigenvalue weighted by molar-refractivity contribution is 0.0993. The lowest BCUT2D eigenvalue weighted by Gasteiger charge is -1.87. The molecule has 0 amide bonds. The van der Waals surface area contributed by atoms with Crippen LogP contribution < -0.4 is 5.73 Å². The summed E-state index contributed by atoms with van der Waals surface area (Å²) in [4.78, 5) is 17.8. The van der Waals surface area contributed by atoms with Gasteiger partial charge in [0.1, 0.15) is 5.82 Å². The second kappa shape index (κ2) is 3.19. The van der Waals surface area contributed by atoms with Gasteiger partial charge in [-0.05, 0) is 18.2 Å². The number of nitrogens with zero attached hydrogens (tertiary/aromatic N) is 1. The number of aromatic amines is 1. The zero-order chi connectivity index (χ0) is 10.1. The summed E-state index contributed by atoms with van der Waals surface area (Å²) in [6, 6.07) is 4.09. The van der Waals surface area contributed by atoms with Gasteiger partial charge in [-0.3, -0.25) is 4.79 Å². The highest BCUT2D eigenvalue weighted by Gasteiger charge is 2.09. The molecule has 2 aromatic rings. The molecule has 1 aromatic carbocycles. The number of ketones is 1. The topological polar surface area (TPSA) is 71.8 Å². The molecule has 1 aromatic heterocycles. The third kappa shape index (κ3) is 1.38. The number of carbonyl (C=O) groups is 1. The fraction of sp³-hybridized carbons (Fsp3) is 0.111. The average molecular weight is 193 g/mol. The maximum absolute atomic E-state index is 12.8. The van der Waals surface area contributed by atoms with Crippen LogP contribution in [0, 0.1) is 5.82 Å². The van der Waals surface area contributed by atoms with E-state index in [0.29, 0.717) is 11.0 Å². The summed E-state index contributed by atoms with van der Waals surface area (Å²) in [5.74, 6) is -0.484. The van der Waals surface area contributed by atoms with Crippen LogP contribution in [0.3, 0.4) is 0 Å². The molecule has 0 saturated heterocycles. The molecule has 14 heavy (non-hydrogen) atoms. The lowest BCUT2D eigenvalue weighted by atomic mass is 10.3. The van der Waals surface area contributed by atoms with E-state index in [1.165, 1.54) is 18.2 Å². The summed E-state index contributed by atoms with van der Waals surface area (Å²) >= 11 is 0. The van der Waals surface area contributed by atoms with Crippen LogP contribution in [0.1, 0.15) is 10.6 Å². The SMILES string of the molecule is NCC(=O)c1nc2ccc(F)cc2[nH]1. The number of nitrogens with two attached hydrogens (primary N) is 1. The molecular weight excluding hydrogens is 185 g/mol. The lowest BCUT2D eigenvalue weighted by Crippen LogP contribution is -2.14. The molecule has 3 N–H and O–H groups in total. The fourth-order valence-electron chi connectivity index (χ4n) is 1.21. The Kier molecular flexibility index (Phi) is 2.01. The molecule has 2 rings (SSSR count). The van der Waals surface area contributed by atoms with Crippen molar-refractivity contribution in [1.29, 1.82) is 0 Å². The van der Waals surface area contributed by atoms with Gasteiger partial charge < -0.3 is 10.7 Å². The van der Waals surface area contributed by atoms with Crippen LogP contribution in [0.5, 0.6) is 0 Å². The predicted octanol–water partition coefficient (Wildman–Crippen LogP) is 0.843. The average Bonchev–Trinajstić information content (AvgIpc) is 2.59. The van der Waals surface area contributed by atoms with Gasteiger partial charge in [0.05, 0.1) is 17.6 Å². The van der Waals surface area contributed by atoms with Crippen molar-refractivity contribution in [2.75, 3.05) is 6.54 Å². The van der Waals surface area contributed by atoms with Crippen molar-refractivity contribution in [1.82, 2.24) is 9.97 Å². The molecule has 0 atom stereocenters. The van der Waals surface area contributed by atoms with Gasteiger partial charge in [0.2, 0.25) is 5.78 Å².